The highest BCUT2D eigenvalue weighted by molar-refractivity contribution is 5.50. The van der Waals surface area contributed by atoms with Gasteiger partial charge < -0.3 is 4.74 Å². The van der Waals surface area contributed by atoms with Crippen molar-refractivity contribution in [3.8, 4) is 11.8 Å². The normalized spacial score (nSPS) is 11.9. The first-order valence-electron chi connectivity index (χ1n) is 4.79. The van der Waals surface area contributed by atoms with Crippen LogP contribution in [0.4, 0.5) is 4.39 Å². The lowest BCUT2D eigenvalue weighted by Gasteiger charge is -2.14. The third kappa shape index (κ3) is 2.47. The van der Waals surface area contributed by atoms with Crippen LogP contribution >= 0.6 is 0 Å². The average Bonchev–Trinajstić information content (AvgIpc) is 2.28. The summed E-state index contributed by atoms with van der Waals surface area (Å²) in [5, 5.41) is 8.88. The second-order valence-corrected chi connectivity index (χ2v) is 3.12. The van der Waals surface area contributed by atoms with Crippen LogP contribution in [0, 0.1) is 18.3 Å². The van der Waals surface area contributed by atoms with E-state index in [1.165, 1.54) is 0 Å². The van der Waals surface area contributed by atoms with Gasteiger partial charge in [-0.25, -0.2) is 0 Å². The van der Waals surface area contributed by atoms with Crippen LogP contribution in [0.2, 0.25) is 0 Å². The lowest BCUT2D eigenvalue weighted by molar-refractivity contribution is 0.331. The summed E-state index contributed by atoms with van der Waals surface area (Å²) in [6, 6.07) is 7.13. The Hall–Kier alpha value is -1.56. The van der Waals surface area contributed by atoms with Crippen LogP contribution in [0.25, 0.3) is 0 Å². The summed E-state index contributed by atoms with van der Waals surface area (Å²) in [6.45, 7) is 5.39. The summed E-state index contributed by atoms with van der Waals surface area (Å²) in [5.41, 5.74) is 1.08. The van der Waals surface area contributed by atoms with E-state index in [0.29, 0.717) is 23.5 Å². The minimum absolute atomic E-state index is 0.427. The third-order valence-electron chi connectivity index (χ3n) is 2.08. The van der Waals surface area contributed by atoms with Crippen LogP contribution in [0.15, 0.2) is 18.2 Å². The molecule has 0 aliphatic carbocycles. The summed E-state index contributed by atoms with van der Waals surface area (Å²) in [6.07, 6.45) is 0. The number of rotatable bonds is 4. The fraction of sp³-hybridized carbons (Fsp3) is 0.333. The number of benzene rings is 1. The van der Waals surface area contributed by atoms with Crippen molar-refractivity contribution in [3.05, 3.63) is 36.2 Å². The predicted octanol–water partition coefficient (Wildman–Crippen LogP) is 2.84. The van der Waals surface area contributed by atoms with Crippen molar-refractivity contribution in [1.82, 2.24) is 0 Å². The molecule has 0 heterocycles. The third-order valence-corrected chi connectivity index (χ3v) is 2.08. The van der Waals surface area contributed by atoms with Crippen LogP contribution in [-0.2, 0) is 0 Å². The Kier molecular flexibility index (Phi) is 4.11. The maximum Gasteiger partial charge on any atom is 0.140 e. The van der Waals surface area contributed by atoms with Gasteiger partial charge in [-0.3, -0.25) is 4.39 Å². The molecule has 1 aromatic rings. The topological polar surface area (TPSA) is 33.0 Å². The molecule has 2 nitrogen and oxygen atoms in total. The van der Waals surface area contributed by atoms with Crippen molar-refractivity contribution >= 4 is 0 Å². The van der Waals surface area contributed by atoms with E-state index in [1.807, 2.05) is 13.0 Å². The standard InChI is InChI=1S/C12H13FNO/c1-3-15-12-10(8-14)5-4-6-11(12)9(2)7-13/h4-6,9H,2-3,7H2,1H3. The summed E-state index contributed by atoms with van der Waals surface area (Å²) in [7, 11) is 0. The predicted molar refractivity (Wildman–Crippen MR) is 56.4 cm³/mol. The van der Waals surface area contributed by atoms with Crippen molar-refractivity contribution in [2.45, 2.75) is 12.8 Å². The zero-order valence-corrected chi connectivity index (χ0v) is 8.66. The Labute approximate surface area is 89.3 Å². The second-order valence-electron chi connectivity index (χ2n) is 3.12. The quantitative estimate of drug-likeness (QED) is 0.758. The molecule has 0 bridgehead atoms. The van der Waals surface area contributed by atoms with Crippen LogP contribution < -0.4 is 4.74 Å². The van der Waals surface area contributed by atoms with E-state index >= 15 is 0 Å². The summed E-state index contributed by atoms with van der Waals surface area (Å²) in [4.78, 5) is 0. The monoisotopic (exact) mass is 206 g/mol. The van der Waals surface area contributed by atoms with Gasteiger partial charge in [0.05, 0.1) is 18.8 Å². The number of nitriles is 1. The highest BCUT2D eigenvalue weighted by atomic mass is 19.1. The zero-order valence-electron chi connectivity index (χ0n) is 8.66. The maximum absolute atomic E-state index is 12.5. The molecule has 1 unspecified atom stereocenters. The smallest absolute Gasteiger partial charge is 0.140 e. The van der Waals surface area contributed by atoms with Crippen molar-refractivity contribution < 1.29 is 9.13 Å². The number of ether oxygens (including phenoxy) is 1. The average molecular weight is 206 g/mol. The van der Waals surface area contributed by atoms with Gasteiger partial charge in [0.15, 0.2) is 0 Å². The van der Waals surface area contributed by atoms with Gasteiger partial charge in [0, 0.05) is 11.5 Å². The molecule has 0 aliphatic heterocycles. The van der Waals surface area contributed by atoms with Gasteiger partial charge in [0.25, 0.3) is 0 Å². The first-order chi connectivity index (χ1) is 7.24. The van der Waals surface area contributed by atoms with Gasteiger partial charge in [-0.05, 0) is 19.9 Å². The Bertz CT molecular complexity index is 370. The number of alkyl halides is 1. The van der Waals surface area contributed by atoms with Gasteiger partial charge in [0.1, 0.15) is 11.8 Å². The molecule has 1 aromatic carbocycles. The van der Waals surface area contributed by atoms with E-state index in [4.69, 9.17) is 10.00 Å². The van der Waals surface area contributed by atoms with E-state index in [0.717, 1.165) is 0 Å². The molecule has 0 N–H and O–H groups in total. The molecular weight excluding hydrogens is 193 g/mol. The lowest BCUT2D eigenvalue weighted by Crippen LogP contribution is -2.03. The van der Waals surface area contributed by atoms with Gasteiger partial charge in [-0.1, -0.05) is 12.1 Å². The molecule has 0 amide bonds. The first-order valence-corrected chi connectivity index (χ1v) is 4.79. The summed E-state index contributed by atoms with van der Waals surface area (Å²) < 4.78 is 17.9. The largest absolute Gasteiger partial charge is 0.492 e. The molecule has 3 heteroatoms. The molecule has 0 saturated heterocycles. The fourth-order valence-corrected chi connectivity index (χ4v) is 1.35. The Balaban J connectivity index is 3.20. The Morgan fingerprint density at radius 3 is 2.87 bits per heavy atom. The number of para-hydroxylation sites is 1. The van der Waals surface area contributed by atoms with E-state index in [-0.39, 0.29) is 0 Å². The first kappa shape index (κ1) is 11.5. The fourth-order valence-electron chi connectivity index (χ4n) is 1.35. The second kappa shape index (κ2) is 5.35. The van der Waals surface area contributed by atoms with Crippen molar-refractivity contribution in [3.63, 3.8) is 0 Å². The van der Waals surface area contributed by atoms with E-state index in [9.17, 15) is 4.39 Å². The molecule has 1 radical (unpaired) electrons. The highest BCUT2D eigenvalue weighted by Gasteiger charge is 2.14. The molecule has 0 fully saturated rings. The minimum atomic E-state index is -0.561. The molecule has 0 aromatic heterocycles. The number of hydrogen-bond acceptors (Lipinski definition) is 2. The number of nitrogens with zero attached hydrogens (tertiary/aromatic N) is 1. The van der Waals surface area contributed by atoms with Crippen molar-refractivity contribution in [2.24, 2.45) is 0 Å². The van der Waals surface area contributed by atoms with Gasteiger partial charge in [0.2, 0.25) is 0 Å². The molecule has 0 aliphatic rings. The van der Waals surface area contributed by atoms with Crippen LogP contribution in [0.5, 0.6) is 5.75 Å². The maximum atomic E-state index is 12.5. The van der Waals surface area contributed by atoms with Gasteiger partial charge in [-0.15, -0.1) is 0 Å². The molecule has 1 atom stereocenters. The molecule has 1 rings (SSSR count). The van der Waals surface area contributed by atoms with Gasteiger partial charge in [-0.2, -0.15) is 5.26 Å². The van der Waals surface area contributed by atoms with E-state index in [1.54, 1.807) is 18.2 Å². The molecule has 15 heavy (non-hydrogen) atoms. The van der Waals surface area contributed by atoms with E-state index in [2.05, 4.69) is 6.92 Å². The van der Waals surface area contributed by atoms with E-state index < -0.39 is 12.6 Å². The van der Waals surface area contributed by atoms with Crippen LogP contribution in [-0.4, -0.2) is 13.3 Å². The number of hydrogen-bond donors (Lipinski definition) is 0. The van der Waals surface area contributed by atoms with Gasteiger partial charge >= 0.3 is 0 Å². The van der Waals surface area contributed by atoms with Crippen LogP contribution in [0.1, 0.15) is 24.0 Å². The number of halogens is 1. The van der Waals surface area contributed by atoms with Crippen molar-refractivity contribution in [1.29, 1.82) is 5.26 Å². The van der Waals surface area contributed by atoms with Crippen molar-refractivity contribution in [2.75, 3.05) is 13.3 Å². The molecule has 0 saturated carbocycles. The Morgan fingerprint density at radius 2 is 2.33 bits per heavy atom. The molecule has 0 spiro atoms. The molecule has 79 valence electrons. The highest BCUT2D eigenvalue weighted by Crippen LogP contribution is 2.30. The minimum Gasteiger partial charge on any atom is -0.492 e. The zero-order chi connectivity index (χ0) is 11.3. The summed E-state index contributed by atoms with van der Waals surface area (Å²) in [5.74, 6) is -0.0278. The lowest BCUT2D eigenvalue weighted by atomic mass is 9.99. The SMILES string of the molecule is [CH2]C(CF)c1cccc(C#N)c1OCC. The summed E-state index contributed by atoms with van der Waals surface area (Å²) >= 11 is 0. The Morgan fingerprint density at radius 1 is 1.60 bits per heavy atom. The van der Waals surface area contributed by atoms with Crippen LogP contribution in [0.3, 0.4) is 0 Å². The molecular formula is C12H13FNO.